The van der Waals surface area contributed by atoms with Crippen molar-refractivity contribution in [1.82, 2.24) is 0 Å². The number of nitrogen functional groups attached to an aromatic ring is 2. The van der Waals surface area contributed by atoms with E-state index in [4.69, 9.17) is 16.6 Å². The third-order valence-electron chi connectivity index (χ3n) is 1.37. The van der Waals surface area contributed by atoms with Crippen molar-refractivity contribution in [2.45, 2.75) is 0 Å². The van der Waals surface area contributed by atoms with Crippen molar-refractivity contribution in [3.63, 3.8) is 0 Å². The number of aromatic carboxylic acids is 1. The molecule has 0 atom stereocenters. The number of nitrogens with two attached hydrogens (primary N) is 2. The number of rotatable bonds is 1. The summed E-state index contributed by atoms with van der Waals surface area (Å²) < 4.78 is 0. The average Bonchev–Trinajstić information content (AvgIpc) is 1.94. The number of carboxylic acid groups (broad SMARTS) is 1. The van der Waals surface area contributed by atoms with Crippen LogP contribution in [0.25, 0.3) is 0 Å². The summed E-state index contributed by atoms with van der Waals surface area (Å²) in [6, 6.07) is 4.52. The number of para-hydroxylation sites is 1. The molecule has 0 aliphatic rings. The topological polar surface area (TPSA) is 89.3 Å². The van der Waals surface area contributed by atoms with E-state index in [0.717, 1.165) is 0 Å². The van der Waals surface area contributed by atoms with Crippen LogP contribution in [0, 0.1) is 0 Å². The van der Waals surface area contributed by atoms with Gasteiger partial charge in [-0.1, -0.05) is 6.07 Å². The first-order valence-electron chi connectivity index (χ1n) is 3.00. The summed E-state index contributed by atoms with van der Waals surface area (Å²) in [6.07, 6.45) is 0. The molecule has 0 aromatic heterocycles. The maximum absolute atomic E-state index is 10.4. The molecule has 1 rings (SSSR count). The van der Waals surface area contributed by atoms with Gasteiger partial charge < -0.3 is 16.6 Å². The Balaban J connectivity index is 0.00000121. The van der Waals surface area contributed by atoms with E-state index in [2.05, 4.69) is 0 Å². The standard InChI is InChI=1S/C7H8N2O2.Na.H/c8-5-3-1-2-4(6(5)9)7(10)11;;/h1-3H,8-9H2,(H,10,11);;. The Labute approximate surface area is 91.8 Å². The Morgan fingerprint density at radius 2 is 1.92 bits per heavy atom. The zero-order valence-corrected chi connectivity index (χ0v) is 5.74. The van der Waals surface area contributed by atoms with Crippen LogP contribution in [0.5, 0.6) is 0 Å². The summed E-state index contributed by atoms with van der Waals surface area (Å²) >= 11 is 0. The minimum atomic E-state index is -1.06. The molecule has 4 nitrogen and oxygen atoms in total. The van der Waals surface area contributed by atoms with Crippen LogP contribution >= 0.6 is 0 Å². The summed E-state index contributed by atoms with van der Waals surface area (Å²) in [5.74, 6) is -1.06. The molecule has 0 saturated heterocycles. The molecule has 0 aliphatic heterocycles. The first-order chi connectivity index (χ1) is 5.13. The molecule has 0 radical (unpaired) electrons. The zero-order valence-electron chi connectivity index (χ0n) is 5.74. The second kappa shape index (κ2) is 4.35. The van der Waals surface area contributed by atoms with E-state index in [9.17, 15) is 4.79 Å². The Kier molecular flexibility index (Phi) is 4.09. The van der Waals surface area contributed by atoms with Gasteiger partial charge in [0.25, 0.3) is 0 Å². The molecule has 0 heterocycles. The molecule has 0 bridgehead atoms. The number of carbonyl (C=O) groups is 1. The van der Waals surface area contributed by atoms with Gasteiger partial charge in [0.2, 0.25) is 0 Å². The van der Waals surface area contributed by atoms with Gasteiger partial charge in [0.15, 0.2) is 0 Å². The number of hydrogen-bond donors (Lipinski definition) is 3. The van der Waals surface area contributed by atoms with Crippen molar-refractivity contribution in [3.05, 3.63) is 23.8 Å². The summed E-state index contributed by atoms with van der Waals surface area (Å²) in [4.78, 5) is 10.4. The van der Waals surface area contributed by atoms with Gasteiger partial charge in [-0.2, -0.15) is 0 Å². The van der Waals surface area contributed by atoms with Crippen molar-refractivity contribution in [2.24, 2.45) is 0 Å². The molecule has 60 valence electrons. The van der Waals surface area contributed by atoms with Crippen molar-refractivity contribution in [1.29, 1.82) is 0 Å². The van der Waals surface area contributed by atoms with Crippen molar-refractivity contribution in [2.75, 3.05) is 11.5 Å². The van der Waals surface area contributed by atoms with Crippen molar-refractivity contribution in [3.8, 4) is 0 Å². The zero-order chi connectivity index (χ0) is 8.43. The molecular formula is C7H9N2NaO2. The Morgan fingerprint density at radius 1 is 1.33 bits per heavy atom. The van der Waals surface area contributed by atoms with Gasteiger partial charge in [0.05, 0.1) is 16.9 Å². The monoisotopic (exact) mass is 176 g/mol. The van der Waals surface area contributed by atoms with Gasteiger partial charge in [-0.05, 0) is 12.1 Å². The SMILES string of the molecule is Nc1cccc(C(=O)O)c1N.[NaH]. The van der Waals surface area contributed by atoms with E-state index in [-0.39, 0.29) is 40.8 Å². The van der Waals surface area contributed by atoms with E-state index in [1.165, 1.54) is 6.07 Å². The predicted octanol–water partition coefficient (Wildman–Crippen LogP) is -0.0993. The maximum atomic E-state index is 10.4. The fraction of sp³-hybridized carbons (Fsp3) is 0. The second-order valence-corrected chi connectivity index (χ2v) is 2.11. The van der Waals surface area contributed by atoms with Gasteiger partial charge in [-0.25, -0.2) is 4.79 Å². The van der Waals surface area contributed by atoms with E-state index in [1.807, 2.05) is 0 Å². The summed E-state index contributed by atoms with van der Waals surface area (Å²) in [6.45, 7) is 0. The van der Waals surface area contributed by atoms with Gasteiger partial charge in [0, 0.05) is 0 Å². The number of carboxylic acids is 1. The fourth-order valence-corrected chi connectivity index (χ4v) is 0.770. The summed E-state index contributed by atoms with van der Waals surface area (Å²) in [5, 5.41) is 8.55. The van der Waals surface area contributed by atoms with Crippen LogP contribution in [-0.2, 0) is 0 Å². The van der Waals surface area contributed by atoms with Crippen LogP contribution in [0.1, 0.15) is 10.4 Å². The number of benzene rings is 1. The first-order valence-corrected chi connectivity index (χ1v) is 3.00. The van der Waals surface area contributed by atoms with Crippen LogP contribution in [0.3, 0.4) is 0 Å². The molecule has 5 N–H and O–H groups in total. The normalized spacial score (nSPS) is 8.67. The van der Waals surface area contributed by atoms with Crippen LogP contribution in [0.2, 0.25) is 0 Å². The van der Waals surface area contributed by atoms with Crippen LogP contribution in [-0.4, -0.2) is 40.6 Å². The van der Waals surface area contributed by atoms with Gasteiger partial charge in [-0.15, -0.1) is 0 Å². The summed E-state index contributed by atoms with van der Waals surface area (Å²) in [7, 11) is 0. The molecule has 0 spiro atoms. The predicted molar refractivity (Wildman–Crippen MR) is 49.4 cm³/mol. The van der Waals surface area contributed by atoms with Gasteiger partial charge >= 0.3 is 35.5 Å². The van der Waals surface area contributed by atoms with Crippen LogP contribution in [0.15, 0.2) is 18.2 Å². The minimum absolute atomic E-state index is 0. The molecule has 0 aliphatic carbocycles. The van der Waals surface area contributed by atoms with Gasteiger partial charge in [0.1, 0.15) is 0 Å². The van der Waals surface area contributed by atoms with Crippen molar-refractivity contribution >= 4 is 46.9 Å². The molecule has 0 saturated carbocycles. The molecule has 12 heavy (non-hydrogen) atoms. The average molecular weight is 176 g/mol. The fourth-order valence-electron chi connectivity index (χ4n) is 0.770. The Bertz CT molecular complexity index is 301. The van der Waals surface area contributed by atoms with Crippen LogP contribution < -0.4 is 11.5 Å². The van der Waals surface area contributed by atoms with E-state index in [0.29, 0.717) is 5.69 Å². The Morgan fingerprint density at radius 3 is 2.33 bits per heavy atom. The van der Waals surface area contributed by atoms with Gasteiger partial charge in [-0.3, -0.25) is 0 Å². The molecular weight excluding hydrogens is 167 g/mol. The molecule has 0 fully saturated rings. The molecule has 1 aromatic rings. The molecule has 0 amide bonds. The van der Waals surface area contributed by atoms with Crippen LogP contribution in [0.4, 0.5) is 11.4 Å². The molecule has 0 unspecified atom stereocenters. The number of anilines is 2. The second-order valence-electron chi connectivity index (χ2n) is 2.11. The Hall–Kier alpha value is -0.710. The molecule has 5 heteroatoms. The van der Waals surface area contributed by atoms with E-state index < -0.39 is 5.97 Å². The van der Waals surface area contributed by atoms with E-state index in [1.54, 1.807) is 12.1 Å². The summed E-state index contributed by atoms with van der Waals surface area (Å²) in [5.41, 5.74) is 11.2. The first kappa shape index (κ1) is 11.3. The molecule has 1 aromatic carbocycles. The van der Waals surface area contributed by atoms with E-state index >= 15 is 0 Å². The number of hydrogen-bond acceptors (Lipinski definition) is 3. The quantitative estimate of drug-likeness (QED) is 0.411. The third-order valence-corrected chi connectivity index (χ3v) is 1.37. The van der Waals surface area contributed by atoms with Crippen molar-refractivity contribution < 1.29 is 9.90 Å². The third kappa shape index (κ3) is 2.14.